The predicted octanol–water partition coefficient (Wildman–Crippen LogP) is 6.22. The summed E-state index contributed by atoms with van der Waals surface area (Å²) in [6.07, 6.45) is 1.79. The second-order valence-corrected chi connectivity index (χ2v) is 10.7. The van der Waals surface area contributed by atoms with Gasteiger partial charge in [-0.2, -0.15) is 0 Å². The molecular weight excluding hydrogens is 558 g/mol. The first kappa shape index (κ1) is 28.6. The number of amides is 1. The van der Waals surface area contributed by atoms with Gasteiger partial charge in [-0.25, -0.2) is 0 Å². The fourth-order valence-corrected chi connectivity index (χ4v) is 6.02. The number of aryl methyl sites for hydroxylation is 1. The molecule has 2 aromatic heterocycles. The molecule has 1 aliphatic rings. The van der Waals surface area contributed by atoms with Gasteiger partial charge in [0.15, 0.2) is 5.11 Å². The zero-order valence-corrected chi connectivity index (χ0v) is 25.1. The number of pyridine rings is 1. The molecule has 2 aromatic carbocycles. The lowest BCUT2D eigenvalue weighted by Gasteiger charge is -2.29. The van der Waals surface area contributed by atoms with E-state index in [1.165, 1.54) is 7.11 Å². The number of anilines is 2. The van der Waals surface area contributed by atoms with Crippen LogP contribution in [0.15, 0.2) is 66.9 Å². The maximum absolute atomic E-state index is 12.4. The average Bonchev–Trinajstić information content (AvgIpc) is 3.45. The number of rotatable bonds is 8. The van der Waals surface area contributed by atoms with Crippen LogP contribution in [0.5, 0.6) is 5.75 Å². The zero-order chi connectivity index (χ0) is 29.3. The second-order valence-electron chi connectivity index (χ2n) is 9.91. The molecule has 0 aliphatic carbocycles. The van der Waals surface area contributed by atoms with E-state index >= 15 is 0 Å². The van der Waals surface area contributed by atoms with Crippen molar-refractivity contribution in [1.29, 1.82) is 0 Å². The number of nitrogens with zero attached hydrogens (tertiary/aromatic N) is 3. The van der Waals surface area contributed by atoms with E-state index in [9.17, 15) is 4.79 Å². The Morgan fingerprint density at radius 3 is 2.61 bits per heavy atom. The van der Waals surface area contributed by atoms with Crippen LogP contribution < -0.4 is 20.3 Å². The molecule has 1 fully saturated rings. The van der Waals surface area contributed by atoms with E-state index in [-0.39, 0.29) is 24.6 Å². The highest BCUT2D eigenvalue weighted by Gasteiger charge is 2.42. The quantitative estimate of drug-likeness (QED) is 0.236. The first-order valence-corrected chi connectivity index (χ1v) is 14.0. The van der Waals surface area contributed by atoms with Crippen LogP contribution in [0.3, 0.4) is 0 Å². The van der Waals surface area contributed by atoms with Gasteiger partial charge >= 0.3 is 0 Å². The molecule has 0 unspecified atom stereocenters. The molecule has 0 saturated carbocycles. The lowest BCUT2D eigenvalue weighted by atomic mass is 9.96. The summed E-state index contributed by atoms with van der Waals surface area (Å²) in [7, 11) is 3.04. The maximum Gasteiger partial charge on any atom is 0.250 e. The SMILES string of the molecule is COCC(=O)Nc1cc(N2C(=S)N[C@@H](c3ccccn3)[C@H]2c2cc(C)n(-c3cccc(Cl)c3C)c2C)ccc1OC. The number of hydrogen-bond donors (Lipinski definition) is 2. The molecule has 1 saturated heterocycles. The summed E-state index contributed by atoms with van der Waals surface area (Å²) < 4.78 is 12.8. The van der Waals surface area contributed by atoms with Crippen molar-refractivity contribution in [3.8, 4) is 11.4 Å². The second kappa shape index (κ2) is 11.9. The summed E-state index contributed by atoms with van der Waals surface area (Å²) >= 11 is 12.5. The van der Waals surface area contributed by atoms with Gasteiger partial charge in [-0.3, -0.25) is 9.78 Å². The molecule has 4 aromatic rings. The van der Waals surface area contributed by atoms with Gasteiger partial charge in [-0.1, -0.05) is 23.7 Å². The minimum absolute atomic E-state index is 0.0731. The van der Waals surface area contributed by atoms with Crippen molar-refractivity contribution in [3.05, 3.63) is 100 Å². The topological polar surface area (TPSA) is 80.7 Å². The summed E-state index contributed by atoms with van der Waals surface area (Å²) in [6.45, 7) is 6.16. The number of carbonyl (C=O) groups excluding carboxylic acids is 1. The van der Waals surface area contributed by atoms with Crippen molar-refractivity contribution in [2.24, 2.45) is 0 Å². The fraction of sp³-hybridized carbons (Fsp3) is 0.258. The first-order chi connectivity index (χ1) is 19.7. The van der Waals surface area contributed by atoms with Gasteiger partial charge < -0.3 is 29.6 Å². The van der Waals surface area contributed by atoms with Crippen LogP contribution in [-0.2, 0) is 9.53 Å². The number of methoxy groups -OCH3 is 2. The highest BCUT2D eigenvalue weighted by molar-refractivity contribution is 7.80. The summed E-state index contributed by atoms with van der Waals surface area (Å²) in [4.78, 5) is 19.2. The highest BCUT2D eigenvalue weighted by Crippen LogP contribution is 2.45. The van der Waals surface area contributed by atoms with Crippen LogP contribution in [0.4, 0.5) is 11.4 Å². The molecule has 1 amide bonds. The third-order valence-corrected chi connectivity index (χ3v) is 8.10. The third kappa shape index (κ3) is 5.40. The standard InChI is InChI=1S/C31H32ClN5O3S/c1-18-15-22(20(3)36(18)26-11-8-9-23(32)19(26)2)30-29(24-10-6-7-14-33-24)35-31(41)37(30)21-12-13-27(40-5)25(16-21)34-28(38)17-39-4/h6-16,29-30H,17H2,1-5H3,(H,34,38)(H,35,41)/t29-,30+/m0/s1. The van der Waals surface area contributed by atoms with Crippen molar-refractivity contribution < 1.29 is 14.3 Å². The summed E-state index contributed by atoms with van der Waals surface area (Å²) in [5, 5.41) is 7.67. The predicted molar refractivity (Wildman–Crippen MR) is 166 cm³/mol. The number of nitrogens with one attached hydrogen (secondary N) is 2. The lowest BCUT2D eigenvalue weighted by molar-refractivity contribution is -0.119. The first-order valence-electron chi connectivity index (χ1n) is 13.2. The van der Waals surface area contributed by atoms with E-state index in [4.69, 9.17) is 33.3 Å². The number of aromatic nitrogens is 2. The molecule has 0 radical (unpaired) electrons. The Morgan fingerprint density at radius 2 is 1.90 bits per heavy atom. The van der Waals surface area contributed by atoms with Crippen molar-refractivity contribution in [3.63, 3.8) is 0 Å². The minimum Gasteiger partial charge on any atom is -0.495 e. The van der Waals surface area contributed by atoms with Crippen molar-refractivity contribution in [2.45, 2.75) is 32.9 Å². The summed E-state index contributed by atoms with van der Waals surface area (Å²) in [5.74, 6) is 0.247. The third-order valence-electron chi connectivity index (χ3n) is 7.38. The smallest absolute Gasteiger partial charge is 0.250 e. The van der Waals surface area contributed by atoms with Crippen LogP contribution in [0.25, 0.3) is 5.69 Å². The number of halogens is 1. The van der Waals surface area contributed by atoms with Crippen LogP contribution in [0, 0.1) is 20.8 Å². The van der Waals surface area contributed by atoms with Crippen LogP contribution in [-0.4, -0.2) is 41.4 Å². The molecule has 8 nitrogen and oxygen atoms in total. The number of thiocarbonyl (C=S) groups is 1. The average molecular weight is 590 g/mol. The molecule has 0 bridgehead atoms. The van der Waals surface area contributed by atoms with Crippen LogP contribution >= 0.6 is 23.8 Å². The molecule has 5 rings (SSSR count). The van der Waals surface area contributed by atoms with Gasteiger partial charge in [-0.05, 0) is 92.6 Å². The fourth-order valence-electron chi connectivity index (χ4n) is 5.51. The molecule has 2 N–H and O–H groups in total. The van der Waals surface area contributed by atoms with E-state index < -0.39 is 0 Å². The Kier molecular flexibility index (Phi) is 8.30. The molecule has 212 valence electrons. The number of benzene rings is 2. The van der Waals surface area contributed by atoms with Crippen LogP contribution in [0.2, 0.25) is 5.02 Å². The van der Waals surface area contributed by atoms with Crippen molar-refractivity contribution >= 4 is 46.2 Å². The summed E-state index contributed by atoms with van der Waals surface area (Å²) in [6, 6.07) is 19.2. The highest BCUT2D eigenvalue weighted by atomic mass is 35.5. The largest absolute Gasteiger partial charge is 0.495 e. The van der Waals surface area contributed by atoms with Gasteiger partial charge in [0.05, 0.1) is 30.6 Å². The molecule has 0 spiro atoms. The monoisotopic (exact) mass is 589 g/mol. The molecule has 41 heavy (non-hydrogen) atoms. The van der Waals surface area contributed by atoms with Crippen molar-refractivity contribution in [2.75, 3.05) is 31.0 Å². The molecular formula is C31H32ClN5O3S. The van der Waals surface area contributed by atoms with Gasteiger partial charge in [0.2, 0.25) is 5.91 Å². The number of ether oxygens (including phenoxy) is 2. The van der Waals surface area contributed by atoms with Gasteiger partial charge in [0.25, 0.3) is 0 Å². The number of hydrogen-bond acceptors (Lipinski definition) is 5. The maximum atomic E-state index is 12.4. The Labute approximate surface area is 250 Å². The lowest BCUT2D eigenvalue weighted by Crippen LogP contribution is -2.29. The Bertz CT molecular complexity index is 1610. The minimum atomic E-state index is -0.284. The van der Waals surface area contributed by atoms with Gasteiger partial charge in [0, 0.05) is 41.1 Å². The Balaban J connectivity index is 1.67. The molecule has 3 heterocycles. The normalized spacial score (nSPS) is 16.5. The van der Waals surface area contributed by atoms with Gasteiger partial charge in [-0.15, -0.1) is 0 Å². The Hall–Kier alpha value is -3.92. The van der Waals surface area contributed by atoms with E-state index in [1.807, 2.05) is 55.5 Å². The van der Waals surface area contributed by atoms with E-state index in [1.54, 1.807) is 13.3 Å². The van der Waals surface area contributed by atoms with E-state index in [0.717, 1.165) is 44.6 Å². The molecule has 2 atom stereocenters. The van der Waals surface area contributed by atoms with E-state index in [2.05, 4.69) is 51.1 Å². The number of carbonyl (C=O) groups is 1. The summed E-state index contributed by atoms with van der Waals surface area (Å²) in [5.41, 5.74) is 7.45. The van der Waals surface area contributed by atoms with Crippen molar-refractivity contribution in [1.82, 2.24) is 14.9 Å². The van der Waals surface area contributed by atoms with Crippen LogP contribution in [0.1, 0.15) is 40.3 Å². The zero-order valence-electron chi connectivity index (χ0n) is 23.6. The molecule has 1 aliphatic heterocycles. The van der Waals surface area contributed by atoms with Gasteiger partial charge in [0.1, 0.15) is 12.4 Å². The Morgan fingerprint density at radius 1 is 1.10 bits per heavy atom. The van der Waals surface area contributed by atoms with E-state index in [0.29, 0.717) is 16.5 Å². The molecule has 10 heteroatoms.